The van der Waals surface area contributed by atoms with Crippen molar-refractivity contribution < 1.29 is 15.4 Å². The molecule has 80 valence electrons. The Kier molecular flexibility index (Phi) is 6.53. The maximum absolute atomic E-state index is 8.65. The fourth-order valence-corrected chi connectivity index (χ4v) is 0.676. The number of hydrogen-bond donors (Lipinski definition) is 3. The van der Waals surface area contributed by atoms with E-state index in [4.69, 9.17) is 15.4 Å². The van der Waals surface area contributed by atoms with Crippen LogP contribution in [0.15, 0.2) is 24.3 Å². The summed E-state index contributed by atoms with van der Waals surface area (Å²) in [6.45, 7) is 5.25. The number of phenolic OH excluding ortho intramolecular Hbond substituents is 2. The van der Waals surface area contributed by atoms with Crippen molar-refractivity contribution in [3.05, 3.63) is 24.3 Å². The molecule has 0 spiro atoms. The van der Waals surface area contributed by atoms with Gasteiger partial charge in [-0.2, -0.15) is 5.06 Å². The van der Waals surface area contributed by atoms with Gasteiger partial charge in [0, 0.05) is 13.1 Å². The van der Waals surface area contributed by atoms with Gasteiger partial charge in [-0.3, -0.25) is 0 Å². The van der Waals surface area contributed by atoms with Gasteiger partial charge < -0.3 is 15.4 Å². The third-order valence-electron chi connectivity index (χ3n) is 1.58. The van der Waals surface area contributed by atoms with Crippen molar-refractivity contribution in [2.75, 3.05) is 13.1 Å². The number of hydroxylamine groups is 2. The van der Waals surface area contributed by atoms with E-state index in [0.29, 0.717) is 0 Å². The minimum absolute atomic E-state index is 0.169. The molecule has 0 atom stereocenters. The van der Waals surface area contributed by atoms with Crippen LogP contribution < -0.4 is 0 Å². The van der Waals surface area contributed by atoms with Crippen molar-refractivity contribution in [1.29, 1.82) is 0 Å². The van der Waals surface area contributed by atoms with Gasteiger partial charge in [0.25, 0.3) is 0 Å². The van der Waals surface area contributed by atoms with Gasteiger partial charge in [0.05, 0.1) is 0 Å². The van der Waals surface area contributed by atoms with Gasteiger partial charge >= 0.3 is 0 Å². The smallest absolute Gasteiger partial charge is 0.115 e. The Hall–Kier alpha value is -1.26. The summed E-state index contributed by atoms with van der Waals surface area (Å²) in [5, 5.41) is 27.0. The highest BCUT2D eigenvalue weighted by Crippen LogP contribution is 2.13. The summed E-state index contributed by atoms with van der Waals surface area (Å²) < 4.78 is 0. The fourth-order valence-electron chi connectivity index (χ4n) is 0.676. The number of aromatic hydroxyl groups is 2. The lowest BCUT2D eigenvalue weighted by atomic mass is 10.3. The van der Waals surface area contributed by atoms with Crippen LogP contribution in [0.3, 0.4) is 0 Å². The summed E-state index contributed by atoms with van der Waals surface area (Å²) in [5.41, 5.74) is 0. The van der Waals surface area contributed by atoms with Crippen molar-refractivity contribution in [3.63, 3.8) is 0 Å². The van der Waals surface area contributed by atoms with E-state index in [9.17, 15) is 0 Å². The lowest BCUT2D eigenvalue weighted by molar-refractivity contribution is -0.0813. The predicted octanol–water partition coefficient (Wildman–Crippen LogP) is 1.82. The van der Waals surface area contributed by atoms with Crippen molar-refractivity contribution in [2.45, 2.75) is 13.8 Å². The normalized spacial score (nSPS) is 9.43. The summed E-state index contributed by atoms with van der Waals surface area (Å²) in [4.78, 5) is 0. The lowest BCUT2D eigenvalue weighted by Crippen LogP contribution is -2.16. The standard InChI is InChI=1S/C6H6O2.C4H11NO/c7-5-1-2-6(8)4-3-5;1-3-5(6)4-2/h1-4,7-8H;6H,3-4H2,1-2H3. The third kappa shape index (κ3) is 6.28. The average molecular weight is 199 g/mol. The Balaban J connectivity index is 0.000000255. The molecule has 1 aromatic rings. The molecule has 0 aliphatic heterocycles. The zero-order chi connectivity index (χ0) is 11.0. The van der Waals surface area contributed by atoms with Crippen LogP contribution in [0.25, 0.3) is 0 Å². The Labute approximate surface area is 84.0 Å². The quantitative estimate of drug-likeness (QED) is 0.502. The molecule has 0 saturated carbocycles. The summed E-state index contributed by atoms with van der Waals surface area (Å²) in [6.07, 6.45) is 0. The molecule has 0 unspecified atom stereocenters. The Morgan fingerprint density at radius 2 is 1.21 bits per heavy atom. The highest BCUT2D eigenvalue weighted by molar-refractivity contribution is 5.28. The van der Waals surface area contributed by atoms with E-state index in [0.717, 1.165) is 13.1 Å². The number of phenols is 2. The maximum atomic E-state index is 8.65. The van der Waals surface area contributed by atoms with Crippen molar-refractivity contribution >= 4 is 0 Å². The third-order valence-corrected chi connectivity index (χ3v) is 1.58. The van der Waals surface area contributed by atoms with Crippen LogP contribution >= 0.6 is 0 Å². The topological polar surface area (TPSA) is 63.9 Å². The summed E-state index contributed by atoms with van der Waals surface area (Å²) in [5.74, 6) is 0.339. The van der Waals surface area contributed by atoms with Gasteiger partial charge in [0.1, 0.15) is 11.5 Å². The first-order valence-electron chi connectivity index (χ1n) is 4.52. The molecule has 0 aliphatic carbocycles. The molecule has 3 N–H and O–H groups in total. The van der Waals surface area contributed by atoms with Crippen LogP contribution in [0.4, 0.5) is 0 Å². The SMILES string of the molecule is CCN(O)CC.Oc1ccc(O)cc1. The number of rotatable bonds is 2. The molecule has 0 aliphatic rings. The molecule has 4 heteroatoms. The number of nitrogens with zero attached hydrogens (tertiary/aromatic N) is 1. The zero-order valence-electron chi connectivity index (χ0n) is 8.51. The lowest BCUT2D eigenvalue weighted by Gasteiger charge is -2.05. The first-order valence-corrected chi connectivity index (χ1v) is 4.52. The van der Waals surface area contributed by atoms with Gasteiger partial charge in [-0.25, -0.2) is 0 Å². The van der Waals surface area contributed by atoms with Gasteiger partial charge in [-0.1, -0.05) is 13.8 Å². The first kappa shape index (κ1) is 12.7. The Bertz CT molecular complexity index is 211. The summed E-state index contributed by atoms with van der Waals surface area (Å²) in [7, 11) is 0. The van der Waals surface area contributed by atoms with E-state index in [1.165, 1.54) is 29.3 Å². The van der Waals surface area contributed by atoms with Crippen LogP contribution in [-0.2, 0) is 0 Å². The second-order valence-corrected chi connectivity index (χ2v) is 2.66. The van der Waals surface area contributed by atoms with Crippen LogP contribution in [0, 0.1) is 0 Å². The molecular weight excluding hydrogens is 182 g/mol. The average Bonchev–Trinajstić information content (AvgIpc) is 2.22. The van der Waals surface area contributed by atoms with E-state index >= 15 is 0 Å². The molecular formula is C10H17NO3. The number of benzene rings is 1. The van der Waals surface area contributed by atoms with Crippen LogP contribution in [0.1, 0.15) is 13.8 Å². The molecule has 0 bridgehead atoms. The first-order chi connectivity index (χ1) is 6.60. The van der Waals surface area contributed by atoms with Gasteiger partial charge in [0.15, 0.2) is 0 Å². The largest absolute Gasteiger partial charge is 0.508 e. The molecule has 0 radical (unpaired) electrons. The Morgan fingerprint density at radius 1 is 0.929 bits per heavy atom. The maximum Gasteiger partial charge on any atom is 0.115 e. The fraction of sp³-hybridized carbons (Fsp3) is 0.400. The minimum Gasteiger partial charge on any atom is -0.508 e. The van der Waals surface area contributed by atoms with Crippen molar-refractivity contribution in [3.8, 4) is 11.5 Å². The van der Waals surface area contributed by atoms with E-state index < -0.39 is 0 Å². The molecule has 1 aromatic carbocycles. The van der Waals surface area contributed by atoms with E-state index in [2.05, 4.69) is 0 Å². The molecule has 0 aromatic heterocycles. The van der Waals surface area contributed by atoms with Crippen LogP contribution in [0.2, 0.25) is 0 Å². The zero-order valence-corrected chi connectivity index (χ0v) is 8.51. The molecule has 14 heavy (non-hydrogen) atoms. The van der Waals surface area contributed by atoms with Gasteiger partial charge in [0.2, 0.25) is 0 Å². The highest BCUT2D eigenvalue weighted by atomic mass is 16.5. The molecule has 0 saturated heterocycles. The van der Waals surface area contributed by atoms with Crippen molar-refractivity contribution in [1.82, 2.24) is 5.06 Å². The highest BCUT2D eigenvalue weighted by Gasteiger charge is 1.84. The van der Waals surface area contributed by atoms with E-state index in [1.807, 2.05) is 13.8 Å². The van der Waals surface area contributed by atoms with Gasteiger partial charge in [-0.05, 0) is 24.3 Å². The van der Waals surface area contributed by atoms with Crippen molar-refractivity contribution in [2.24, 2.45) is 0 Å². The molecule has 0 fully saturated rings. The van der Waals surface area contributed by atoms with E-state index in [1.54, 1.807) is 0 Å². The van der Waals surface area contributed by atoms with E-state index in [-0.39, 0.29) is 11.5 Å². The summed E-state index contributed by atoms with van der Waals surface area (Å²) in [6, 6.07) is 5.70. The predicted molar refractivity (Wildman–Crippen MR) is 54.5 cm³/mol. The second-order valence-electron chi connectivity index (χ2n) is 2.66. The number of hydrogen-bond acceptors (Lipinski definition) is 4. The molecule has 4 nitrogen and oxygen atoms in total. The minimum atomic E-state index is 0.169. The second kappa shape index (κ2) is 7.17. The van der Waals surface area contributed by atoms with Gasteiger partial charge in [-0.15, -0.1) is 0 Å². The Morgan fingerprint density at radius 3 is 1.36 bits per heavy atom. The van der Waals surface area contributed by atoms with Crippen LogP contribution in [-0.4, -0.2) is 33.6 Å². The molecule has 1 rings (SSSR count). The molecule has 0 amide bonds. The molecule has 0 heterocycles. The van der Waals surface area contributed by atoms with Crippen LogP contribution in [0.5, 0.6) is 11.5 Å². The summed E-state index contributed by atoms with van der Waals surface area (Å²) >= 11 is 0. The monoisotopic (exact) mass is 199 g/mol.